The summed E-state index contributed by atoms with van der Waals surface area (Å²) in [6, 6.07) is 8.44. The van der Waals surface area contributed by atoms with Crippen molar-refractivity contribution in [3.05, 3.63) is 53.5 Å². The second kappa shape index (κ2) is 6.13. The Morgan fingerprint density at radius 3 is 3.21 bits per heavy atom. The molecule has 2 aromatic heterocycles. The number of nitrogens with zero attached hydrogens (tertiary/aromatic N) is 2. The third kappa shape index (κ3) is 2.69. The smallest absolute Gasteiger partial charge is 0.252 e. The molecule has 6 heteroatoms. The van der Waals surface area contributed by atoms with Crippen LogP contribution >= 0.6 is 0 Å². The fourth-order valence-electron chi connectivity index (χ4n) is 3.59. The highest BCUT2D eigenvalue weighted by Crippen LogP contribution is 2.23. The molecule has 0 saturated carbocycles. The van der Waals surface area contributed by atoms with Crippen molar-refractivity contribution in [2.75, 3.05) is 6.54 Å². The molecule has 4 N–H and O–H groups in total. The molecule has 1 atom stereocenters. The van der Waals surface area contributed by atoms with Gasteiger partial charge < -0.3 is 16.0 Å². The van der Waals surface area contributed by atoms with Crippen molar-refractivity contribution in [1.82, 2.24) is 20.1 Å². The van der Waals surface area contributed by atoms with Crippen molar-refractivity contribution in [2.45, 2.75) is 25.9 Å². The molecule has 0 fully saturated rings. The second-order valence-electron chi connectivity index (χ2n) is 6.44. The van der Waals surface area contributed by atoms with Crippen LogP contribution < -0.4 is 11.1 Å². The first-order valence-corrected chi connectivity index (χ1v) is 8.32. The van der Waals surface area contributed by atoms with E-state index in [9.17, 15) is 4.79 Å². The molecule has 0 radical (unpaired) electrons. The minimum absolute atomic E-state index is 0.385. The highest BCUT2D eigenvalue weighted by molar-refractivity contribution is 5.93. The predicted molar refractivity (Wildman–Crippen MR) is 92.6 cm³/mol. The number of H-pyrrole nitrogens is 1. The van der Waals surface area contributed by atoms with E-state index in [2.05, 4.69) is 39.7 Å². The van der Waals surface area contributed by atoms with E-state index in [4.69, 9.17) is 5.73 Å². The number of carbonyl (C=O) groups is 1. The van der Waals surface area contributed by atoms with Crippen molar-refractivity contribution in [1.29, 1.82) is 0 Å². The Hall–Kier alpha value is -2.60. The van der Waals surface area contributed by atoms with Crippen LogP contribution in [0.2, 0.25) is 0 Å². The normalized spacial score (nSPS) is 17.1. The number of nitrogens with two attached hydrogens (primary N) is 1. The standard InChI is InChI=1S/C18H21N5O/c19-18(24)15-11-22-23-7-5-12(8-17(15)23)9-20-10-13-2-1-3-16-14(13)4-6-21-16/h1-4,6,11-12,20-21H,5,7-10H2,(H2,19,24)/t12-/m0/s1. The summed E-state index contributed by atoms with van der Waals surface area (Å²) in [7, 11) is 0. The Morgan fingerprint density at radius 1 is 1.42 bits per heavy atom. The molecule has 1 aliphatic rings. The number of benzene rings is 1. The first-order valence-electron chi connectivity index (χ1n) is 8.32. The van der Waals surface area contributed by atoms with Crippen molar-refractivity contribution in [3.8, 4) is 0 Å². The van der Waals surface area contributed by atoms with E-state index in [1.54, 1.807) is 6.20 Å². The number of aromatic nitrogens is 3. The maximum atomic E-state index is 11.5. The van der Waals surface area contributed by atoms with Crippen LogP contribution in [0.1, 0.15) is 28.0 Å². The van der Waals surface area contributed by atoms with Crippen molar-refractivity contribution < 1.29 is 4.79 Å². The summed E-state index contributed by atoms with van der Waals surface area (Å²) in [6.45, 7) is 2.61. The van der Waals surface area contributed by atoms with Gasteiger partial charge in [0, 0.05) is 30.2 Å². The third-order valence-electron chi connectivity index (χ3n) is 4.88. The van der Waals surface area contributed by atoms with E-state index in [-0.39, 0.29) is 5.91 Å². The van der Waals surface area contributed by atoms with Gasteiger partial charge in [0.1, 0.15) is 0 Å². The number of primary amides is 1. The fourth-order valence-corrected chi connectivity index (χ4v) is 3.59. The highest BCUT2D eigenvalue weighted by Gasteiger charge is 2.24. The average Bonchev–Trinajstić information content (AvgIpc) is 3.21. The highest BCUT2D eigenvalue weighted by atomic mass is 16.1. The first-order chi connectivity index (χ1) is 11.7. The Bertz CT molecular complexity index is 879. The number of aromatic amines is 1. The molecule has 0 unspecified atom stereocenters. The summed E-state index contributed by atoms with van der Waals surface area (Å²) in [6.07, 6.45) is 5.48. The topological polar surface area (TPSA) is 88.7 Å². The lowest BCUT2D eigenvalue weighted by atomic mass is 9.94. The van der Waals surface area contributed by atoms with Gasteiger partial charge in [-0.3, -0.25) is 9.48 Å². The molecule has 0 bridgehead atoms. The molecule has 0 saturated heterocycles. The van der Waals surface area contributed by atoms with Gasteiger partial charge in [-0.25, -0.2) is 0 Å². The van der Waals surface area contributed by atoms with Crippen molar-refractivity contribution in [3.63, 3.8) is 0 Å². The number of rotatable bonds is 5. The molecule has 0 aliphatic carbocycles. The van der Waals surface area contributed by atoms with Crippen molar-refractivity contribution in [2.24, 2.45) is 11.7 Å². The molecule has 24 heavy (non-hydrogen) atoms. The molecule has 3 heterocycles. The van der Waals surface area contributed by atoms with Crippen LogP contribution in [0.25, 0.3) is 10.9 Å². The molecule has 1 amide bonds. The van der Waals surface area contributed by atoms with Crippen LogP contribution in [0.4, 0.5) is 0 Å². The molecule has 6 nitrogen and oxygen atoms in total. The van der Waals surface area contributed by atoms with Gasteiger partial charge >= 0.3 is 0 Å². The number of amides is 1. The zero-order valence-electron chi connectivity index (χ0n) is 13.5. The van der Waals surface area contributed by atoms with Gasteiger partial charge in [-0.2, -0.15) is 5.10 Å². The Morgan fingerprint density at radius 2 is 2.33 bits per heavy atom. The minimum Gasteiger partial charge on any atom is -0.365 e. The van der Waals surface area contributed by atoms with E-state index >= 15 is 0 Å². The van der Waals surface area contributed by atoms with Gasteiger partial charge in [-0.1, -0.05) is 12.1 Å². The molecule has 1 aliphatic heterocycles. The maximum absolute atomic E-state index is 11.5. The lowest BCUT2D eigenvalue weighted by molar-refractivity contribution is 0.0998. The van der Waals surface area contributed by atoms with Crippen LogP contribution in [0.5, 0.6) is 0 Å². The summed E-state index contributed by atoms with van der Waals surface area (Å²) in [5, 5.41) is 9.09. The Balaban J connectivity index is 1.39. The number of carbonyl (C=O) groups excluding carboxylic acids is 1. The molecule has 1 aromatic carbocycles. The number of aryl methyl sites for hydroxylation is 1. The van der Waals surface area contributed by atoms with Gasteiger partial charge in [0.05, 0.1) is 17.5 Å². The van der Waals surface area contributed by atoms with Gasteiger partial charge in [0.2, 0.25) is 0 Å². The number of hydrogen-bond acceptors (Lipinski definition) is 3. The van der Waals surface area contributed by atoms with Gasteiger partial charge in [-0.15, -0.1) is 0 Å². The summed E-state index contributed by atoms with van der Waals surface area (Å²) >= 11 is 0. The Kier molecular flexibility index (Phi) is 3.82. The predicted octanol–water partition coefficient (Wildman–Crippen LogP) is 1.82. The first kappa shape index (κ1) is 15.0. The lowest BCUT2D eigenvalue weighted by Crippen LogP contribution is -2.30. The van der Waals surface area contributed by atoms with Gasteiger partial charge in [-0.05, 0) is 43.0 Å². The number of hydrogen-bond donors (Lipinski definition) is 3. The summed E-state index contributed by atoms with van der Waals surface area (Å²) in [4.78, 5) is 14.7. The molecular weight excluding hydrogens is 302 g/mol. The van der Waals surface area contributed by atoms with Gasteiger partial charge in [0.25, 0.3) is 5.91 Å². The summed E-state index contributed by atoms with van der Waals surface area (Å²) in [5.74, 6) is 0.113. The van der Waals surface area contributed by atoms with E-state index in [1.165, 1.54) is 16.5 Å². The van der Waals surface area contributed by atoms with Crippen LogP contribution in [0.3, 0.4) is 0 Å². The maximum Gasteiger partial charge on any atom is 0.252 e. The zero-order chi connectivity index (χ0) is 16.5. The Labute approximate surface area is 140 Å². The quantitative estimate of drug-likeness (QED) is 0.669. The van der Waals surface area contributed by atoms with Crippen molar-refractivity contribution >= 4 is 16.8 Å². The molecular formula is C18H21N5O. The van der Waals surface area contributed by atoms with Crippen LogP contribution in [-0.4, -0.2) is 27.2 Å². The second-order valence-corrected chi connectivity index (χ2v) is 6.44. The monoisotopic (exact) mass is 323 g/mol. The van der Waals surface area contributed by atoms with Crippen LogP contribution in [0.15, 0.2) is 36.7 Å². The lowest BCUT2D eigenvalue weighted by Gasteiger charge is -2.24. The van der Waals surface area contributed by atoms with E-state index in [0.29, 0.717) is 11.5 Å². The van der Waals surface area contributed by atoms with E-state index in [1.807, 2.05) is 10.9 Å². The molecule has 124 valence electrons. The van der Waals surface area contributed by atoms with Gasteiger partial charge in [0.15, 0.2) is 0 Å². The SMILES string of the molecule is NC(=O)c1cnn2c1C[C@@H](CNCc1cccc3[nH]ccc13)CC2. The van der Waals surface area contributed by atoms with Crippen LogP contribution in [-0.2, 0) is 19.5 Å². The average molecular weight is 323 g/mol. The summed E-state index contributed by atoms with van der Waals surface area (Å²) < 4.78 is 1.91. The van der Waals surface area contributed by atoms with Crippen LogP contribution in [0, 0.1) is 5.92 Å². The minimum atomic E-state index is -0.385. The largest absolute Gasteiger partial charge is 0.365 e. The van der Waals surface area contributed by atoms with E-state index < -0.39 is 0 Å². The molecule has 0 spiro atoms. The molecule has 3 aromatic rings. The fraction of sp³-hybridized carbons (Fsp3) is 0.333. The zero-order valence-corrected chi connectivity index (χ0v) is 13.5. The molecule has 4 rings (SSSR count). The van der Waals surface area contributed by atoms with E-state index in [0.717, 1.165) is 38.2 Å². The third-order valence-corrected chi connectivity index (χ3v) is 4.88. The summed E-state index contributed by atoms with van der Waals surface area (Å²) in [5.41, 5.74) is 9.45. The number of nitrogens with one attached hydrogen (secondary N) is 2. The number of fused-ring (bicyclic) bond motifs is 2.